The lowest BCUT2D eigenvalue weighted by Gasteiger charge is -2.21. The van der Waals surface area contributed by atoms with E-state index in [-0.39, 0.29) is 5.41 Å². The molecule has 0 saturated carbocycles. The first-order chi connectivity index (χ1) is 26.0. The van der Waals surface area contributed by atoms with Gasteiger partial charge in [0, 0.05) is 49.3 Å². The third-order valence-electron chi connectivity index (χ3n) is 11.0. The molecular weight excluding hydrogens is 649 g/mol. The maximum absolute atomic E-state index is 6.59. The van der Waals surface area contributed by atoms with Crippen LogP contribution in [0.15, 0.2) is 162 Å². The molecule has 0 unspecified atom stereocenters. The largest absolute Gasteiger partial charge is 0.456 e. The van der Waals surface area contributed by atoms with Crippen LogP contribution in [-0.2, 0) is 5.41 Å². The molecule has 3 aromatic heterocycles. The van der Waals surface area contributed by atoms with Crippen LogP contribution in [0.3, 0.4) is 0 Å². The average Bonchev–Trinajstić information content (AvgIpc) is 3.81. The van der Waals surface area contributed by atoms with Crippen LogP contribution in [0.2, 0.25) is 0 Å². The van der Waals surface area contributed by atoms with Crippen molar-refractivity contribution in [1.29, 1.82) is 0 Å². The number of hydrogen-bond acceptors (Lipinski definition) is 4. The van der Waals surface area contributed by atoms with Crippen molar-refractivity contribution in [2.24, 2.45) is 0 Å². The first-order valence-electron chi connectivity index (χ1n) is 18.0. The zero-order chi connectivity index (χ0) is 35.3. The highest BCUT2D eigenvalue weighted by molar-refractivity contribution is 6.13. The third kappa shape index (κ3) is 4.47. The Hall–Kier alpha value is -6.85. The zero-order valence-corrected chi connectivity index (χ0v) is 29.2. The first kappa shape index (κ1) is 29.8. The standard InChI is InChI=1S/C48H32N4O/c1-48(2)39-27-42-36(33-20-12-13-21-41(33)52(42)32-18-10-5-11-19-32)25-34(39)35-26-38-37-24-31(22-23-43(37)53-44(38)28-40(35)48)47-50-45(29-14-6-3-7-15-29)49-46(51-47)30-16-8-4-9-17-30/h3-28H,1-2H3. The Morgan fingerprint density at radius 1 is 0.434 bits per heavy atom. The molecule has 5 nitrogen and oxygen atoms in total. The Morgan fingerprint density at radius 3 is 1.66 bits per heavy atom. The smallest absolute Gasteiger partial charge is 0.164 e. The van der Waals surface area contributed by atoms with Crippen molar-refractivity contribution in [2.45, 2.75) is 19.3 Å². The van der Waals surface area contributed by atoms with E-state index in [1.54, 1.807) is 0 Å². The molecule has 3 heterocycles. The summed E-state index contributed by atoms with van der Waals surface area (Å²) in [6.07, 6.45) is 0. The van der Waals surface area contributed by atoms with Crippen molar-refractivity contribution in [3.63, 3.8) is 0 Å². The van der Waals surface area contributed by atoms with Gasteiger partial charge in [-0.15, -0.1) is 0 Å². The summed E-state index contributed by atoms with van der Waals surface area (Å²) in [7, 11) is 0. The fourth-order valence-corrected chi connectivity index (χ4v) is 8.39. The molecule has 0 atom stereocenters. The predicted molar refractivity (Wildman–Crippen MR) is 215 cm³/mol. The van der Waals surface area contributed by atoms with E-state index < -0.39 is 0 Å². The van der Waals surface area contributed by atoms with Gasteiger partial charge < -0.3 is 8.98 Å². The number of benzene rings is 7. The number of hydrogen-bond donors (Lipinski definition) is 0. The number of furan rings is 1. The Labute approximate surface area is 305 Å². The second-order valence-electron chi connectivity index (χ2n) is 14.5. The Balaban J connectivity index is 1.11. The molecule has 1 aliphatic carbocycles. The Morgan fingerprint density at radius 2 is 0.981 bits per heavy atom. The average molecular weight is 681 g/mol. The molecule has 0 radical (unpaired) electrons. The van der Waals surface area contributed by atoms with E-state index in [0.717, 1.165) is 44.3 Å². The molecule has 0 saturated heterocycles. The van der Waals surface area contributed by atoms with Crippen LogP contribution < -0.4 is 0 Å². The van der Waals surface area contributed by atoms with Gasteiger partial charge in [0.15, 0.2) is 17.5 Å². The Bertz CT molecular complexity index is 3010. The van der Waals surface area contributed by atoms with E-state index in [1.165, 1.54) is 44.1 Å². The summed E-state index contributed by atoms with van der Waals surface area (Å²) >= 11 is 0. The van der Waals surface area contributed by atoms with E-state index in [9.17, 15) is 0 Å². The van der Waals surface area contributed by atoms with Crippen molar-refractivity contribution in [1.82, 2.24) is 19.5 Å². The van der Waals surface area contributed by atoms with E-state index >= 15 is 0 Å². The van der Waals surface area contributed by atoms with E-state index in [4.69, 9.17) is 19.4 Å². The monoisotopic (exact) mass is 680 g/mol. The lowest BCUT2D eigenvalue weighted by atomic mass is 9.82. The summed E-state index contributed by atoms with van der Waals surface area (Å²) in [6, 6.07) is 55.3. The summed E-state index contributed by atoms with van der Waals surface area (Å²) in [5, 5.41) is 4.62. The predicted octanol–water partition coefficient (Wildman–Crippen LogP) is 12.2. The maximum Gasteiger partial charge on any atom is 0.164 e. The van der Waals surface area contributed by atoms with Crippen molar-refractivity contribution >= 4 is 43.7 Å². The van der Waals surface area contributed by atoms with Crippen molar-refractivity contribution in [3.8, 4) is 51.0 Å². The molecule has 0 N–H and O–H groups in total. The molecule has 250 valence electrons. The summed E-state index contributed by atoms with van der Waals surface area (Å²) in [5.41, 5.74) is 13.0. The summed E-state index contributed by atoms with van der Waals surface area (Å²) < 4.78 is 8.99. The maximum atomic E-state index is 6.59. The fourth-order valence-electron chi connectivity index (χ4n) is 8.39. The van der Waals surface area contributed by atoms with E-state index in [2.05, 4.69) is 109 Å². The fraction of sp³-hybridized carbons (Fsp3) is 0.0625. The molecule has 7 aromatic carbocycles. The van der Waals surface area contributed by atoms with Crippen LogP contribution in [0.4, 0.5) is 0 Å². The molecule has 1 aliphatic rings. The molecule has 0 spiro atoms. The van der Waals surface area contributed by atoms with Gasteiger partial charge in [0.2, 0.25) is 0 Å². The normalized spacial score (nSPS) is 13.2. The van der Waals surface area contributed by atoms with Crippen LogP contribution >= 0.6 is 0 Å². The summed E-state index contributed by atoms with van der Waals surface area (Å²) in [6.45, 7) is 4.67. The van der Waals surface area contributed by atoms with Crippen LogP contribution in [-0.4, -0.2) is 19.5 Å². The van der Waals surface area contributed by atoms with Gasteiger partial charge in [0.1, 0.15) is 11.2 Å². The van der Waals surface area contributed by atoms with Gasteiger partial charge in [-0.1, -0.05) is 111 Å². The molecule has 10 aromatic rings. The van der Waals surface area contributed by atoms with E-state index in [0.29, 0.717) is 17.5 Å². The molecular formula is C48H32N4O. The molecule has 5 heteroatoms. The minimum absolute atomic E-state index is 0.221. The molecule has 0 bridgehead atoms. The Kier molecular flexibility index (Phi) is 6.23. The van der Waals surface area contributed by atoms with Gasteiger partial charge >= 0.3 is 0 Å². The molecule has 11 rings (SSSR count). The van der Waals surface area contributed by atoms with Crippen LogP contribution in [0.5, 0.6) is 0 Å². The molecule has 0 amide bonds. The summed E-state index contributed by atoms with van der Waals surface area (Å²) in [4.78, 5) is 14.9. The minimum Gasteiger partial charge on any atom is -0.456 e. The lowest BCUT2D eigenvalue weighted by Crippen LogP contribution is -2.15. The number of fused-ring (bicyclic) bond motifs is 9. The van der Waals surface area contributed by atoms with Crippen LogP contribution in [0, 0.1) is 0 Å². The van der Waals surface area contributed by atoms with Gasteiger partial charge in [-0.2, -0.15) is 0 Å². The third-order valence-corrected chi connectivity index (χ3v) is 11.0. The highest BCUT2D eigenvalue weighted by atomic mass is 16.3. The van der Waals surface area contributed by atoms with Crippen LogP contribution in [0.25, 0.3) is 94.7 Å². The summed E-state index contributed by atoms with van der Waals surface area (Å²) in [5.74, 6) is 1.91. The number of para-hydroxylation sites is 2. The molecule has 0 aliphatic heterocycles. The van der Waals surface area contributed by atoms with Crippen molar-refractivity contribution in [3.05, 3.63) is 169 Å². The highest BCUT2D eigenvalue weighted by Crippen LogP contribution is 2.53. The quantitative estimate of drug-likeness (QED) is 0.186. The minimum atomic E-state index is -0.221. The van der Waals surface area contributed by atoms with Crippen molar-refractivity contribution in [2.75, 3.05) is 0 Å². The van der Waals surface area contributed by atoms with E-state index in [1.807, 2.05) is 66.7 Å². The lowest BCUT2D eigenvalue weighted by molar-refractivity contribution is 0.647. The van der Waals surface area contributed by atoms with Crippen LogP contribution in [0.1, 0.15) is 25.0 Å². The highest BCUT2D eigenvalue weighted by Gasteiger charge is 2.37. The second kappa shape index (κ2) is 11.1. The SMILES string of the molecule is CC1(C)c2cc3oc4ccc(-c5nc(-c6ccccc6)nc(-c6ccccc6)n5)cc4c3cc2-c2cc3c4ccccc4n(-c4ccccc4)c3cc21. The second-order valence-corrected chi connectivity index (χ2v) is 14.5. The first-order valence-corrected chi connectivity index (χ1v) is 18.0. The van der Waals surface area contributed by atoms with Gasteiger partial charge in [0.05, 0.1) is 11.0 Å². The van der Waals surface area contributed by atoms with Gasteiger partial charge in [-0.25, -0.2) is 15.0 Å². The molecule has 53 heavy (non-hydrogen) atoms. The van der Waals surface area contributed by atoms with Gasteiger partial charge in [0.25, 0.3) is 0 Å². The molecule has 0 fully saturated rings. The zero-order valence-electron chi connectivity index (χ0n) is 29.2. The van der Waals surface area contributed by atoms with Gasteiger partial charge in [-0.05, 0) is 82.9 Å². The van der Waals surface area contributed by atoms with Crippen molar-refractivity contribution < 1.29 is 4.42 Å². The number of nitrogens with zero attached hydrogens (tertiary/aromatic N) is 4. The number of rotatable bonds is 4. The topological polar surface area (TPSA) is 56.7 Å². The number of aromatic nitrogens is 4. The van der Waals surface area contributed by atoms with Gasteiger partial charge in [-0.3, -0.25) is 0 Å².